The molecule has 1 saturated heterocycles. The van der Waals surface area contributed by atoms with Gasteiger partial charge in [-0.2, -0.15) is 0 Å². The summed E-state index contributed by atoms with van der Waals surface area (Å²) in [4.78, 5) is 28.6. The van der Waals surface area contributed by atoms with E-state index >= 15 is 0 Å². The van der Waals surface area contributed by atoms with Crippen LogP contribution in [-0.4, -0.2) is 32.5 Å². The average Bonchev–Trinajstić information content (AvgIpc) is 3.01. The highest BCUT2D eigenvalue weighted by Gasteiger charge is 2.34. The molecule has 1 unspecified atom stereocenters. The summed E-state index contributed by atoms with van der Waals surface area (Å²) in [6.07, 6.45) is 0.259. The molecule has 1 heterocycles. The zero-order valence-electron chi connectivity index (χ0n) is 15.5. The second-order valence-electron chi connectivity index (χ2n) is 7.02. The molecule has 0 spiro atoms. The van der Waals surface area contributed by atoms with Crippen LogP contribution in [0.15, 0.2) is 48.5 Å². The first-order chi connectivity index (χ1) is 12.4. The Morgan fingerprint density at radius 3 is 2.58 bits per heavy atom. The summed E-state index contributed by atoms with van der Waals surface area (Å²) in [7, 11) is 3.95. The van der Waals surface area contributed by atoms with Crippen molar-refractivity contribution in [3.63, 3.8) is 0 Å². The second-order valence-corrected chi connectivity index (χ2v) is 7.02. The molecule has 5 nitrogen and oxygen atoms in total. The third-order valence-corrected chi connectivity index (χ3v) is 4.72. The van der Waals surface area contributed by atoms with E-state index in [0.29, 0.717) is 13.1 Å². The number of nitrogens with one attached hydrogen (secondary N) is 1. The van der Waals surface area contributed by atoms with Gasteiger partial charge in [0.1, 0.15) is 0 Å². The van der Waals surface area contributed by atoms with Crippen molar-refractivity contribution in [2.75, 3.05) is 30.4 Å². The Morgan fingerprint density at radius 1 is 1.19 bits per heavy atom. The van der Waals surface area contributed by atoms with Crippen LogP contribution in [0.1, 0.15) is 17.5 Å². The third-order valence-electron chi connectivity index (χ3n) is 4.72. The lowest BCUT2D eigenvalue weighted by atomic mass is 10.1. The smallest absolute Gasteiger partial charge is 0.227 e. The van der Waals surface area contributed by atoms with Crippen LogP contribution in [0.5, 0.6) is 0 Å². The first kappa shape index (κ1) is 18.0. The molecule has 136 valence electrons. The number of rotatable bonds is 5. The largest absolute Gasteiger partial charge is 0.378 e. The summed E-state index contributed by atoms with van der Waals surface area (Å²) in [5.41, 5.74) is 4.15. The summed E-state index contributed by atoms with van der Waals surface area (Å²) >= 11 is 0. The lowest BCUT2D eigenvalue weighted by Crippen LogP contribution is -2.32. The molecule has 1 N–H and O–H groups in total. The number of hydrogen-bond acceptors (Lipinski definition) is 3. The Labute approximate surface area is 154 Å². The zero-order chi connectivity index (χ0) is 18.7. The fraction of sp³-hybridized carbons (Fsp3) is 0.333. The first-order valence-corrected chi connectivity index (χ1v) is 8.85. The van der Waals surface area contributed by atoms with E-state index < -0.39 is 0 Å². The quantitative estimate of drug-likeness (QED) is 0.901. The van der Waals surface area contributed by atoms with Gasteiger partial charge in [-0.1, -0.05) is 29.8 Å². The van der Waals surface area contributed by atoms with E-state index in [2.05, 4.69) is 11.4 Å². The van der Waals surface area contributed by atoms with Gasteiger partial charge < -0.3 is 15.1 Å². The minimum atomic E-state index is -0.305. The monoisotopic (exact) mass is 351 g/mol. The second kappa shape index (κ2) is 7.60. The summed E-state index contributed by atoms with van der Waals surface area (Å²) in [6.45, 7) is 2.95. The number of carbonyl (C=O) groups excluding carboxylic acids is 2. The van der Waals surface area contributed by atoms with E-state index in [4.69, 9.17) is 0 Å². The third kappa shape index (κ3) is 4.04. The molecule has 2 amide bonds. The van der Waals surface area contributed by atoms with Gasteiger partial charge in [-0.3, -0.25) is 9.59 Å². The molecule has 0 radical (unpaired) electrons. The Kier molecular flexibility index (Phi) is 5.26. The molecular formula is C21H25N3O2. The van der Waals surface area contributed by atoms with Gasteiger partial charge in [0.05, 0.1) is 5.92 Å². The molecule has 1 aliphatic rings. The van der Waals surface area contributed by atoms with Gasteiger partial charge in [0, 0.05) is 45.0 Å². The topological polar surface area (TPSA) is 52.7 Å². The molecule has 1 aliphatic heterocycles. The summed E-state index contributed by atoms with van der Waals surface area (Å²) < 4.78 is 0. The normalized spacial score (nSPS) is 16.7. The van der Waals surface area contributed by atoms with Crippen molar-refractivity contribution < 1.29 is 9.59 Å². The maximum atomic E-state index is 12.5. The molecule has 3 rings (SSSR count). The molecule has 1 fully saturated rings. The van der Waals surface area contributed by atoms with Gasteiger partial charge in [0.15, 0.2) is 0 Å². The van der Waals surface area contributed by atoms with E-state index in [0.717, 1.165) is 16.9 Å². The van der Waals surface area contributed by atoms with Gasteiger partial charge in [-0.15, -0.1) is 0 Å². The molecule has 26 heavy (non-hydrogen) atoms. The number of anilines is 2. The van der Waals surface area contributed by atoms with Crippen LogP contribution >= 0.6 is 0 Å². The van der Waals surface area contributed by atoms with Crippen molar-refractivity contribution in [2.24, 2.45) is 5.92 Å². The number of amides is 2. The SMILES string of the molecule is Cc1cccc(CNC(=O)C2CC(=O)N(c3ccc(N(C)C)cc3)C2)c1. The van der Waals surface area contributed by atoms with Crippen molar-refractivity contribution in [3.8, 4) is 0 Å². The van der Waals surface area contributed by atoms with Crippen LogP contribution < -0.4 is 15.1 Å². The fourth-order valence-corrected chi connectivity index (χ4v) is 3.22. The standard InChI is InChI=1S/C21H25N3O2/c1-15-5-4-6-16(11-15)13-22-21(26)17-12-20(25)24(14-17)19-9-7-18(8-10-19)23(2)3/h4-11,17H,12-14H2,1-3H3,(H,22,26). The van der Waals surface area contributed by atoms with Crippen molar-refractivity contribution in [2.45, 2.75) is 19.9 Å². The van der Waals surface area contributed by atoms with Gasteiger partial charge in [0.2, 0.25) is 11.8 Å². The molecule has 0 saturated carbocycles. The van der Waals surface area contributed by atoms with E-state index in [1.165, 1.54) is 5.56 Å². The lowest BCUT2D eigenvalue weighted by molar-refractivity contribution is -0.126. The van der Waals surface area contributed by atoms with Crippen molar-refractivity contribution in [1.82, 2.24) is 5.32 Å². The zero-order valence-corrected chi connectivity index (χ0v) is 15.5. The van der Waals surface area contributed by atoms with Gasteiger partial charge in [-0.25, -0.2) is 0 Å². The van der Waals surface area contributed by atoms with E-state index in [-0.39, 0.29) is 24.2 Å². The molecule has 5 heteroatoms. The van der Waals surface area contributed by atoms with Crippen molar-refractivity contribution in [3.05, 3.63) is 59.7 Å². The predicted octanol–water partition coefficient (Wildman–Crippen LogP) is 2.73. The van der Waals surface area contributed by atoms with Crippen molar-refractivity contribution in [1.29, 1.82) is 0 Å². The van der Waals surface area contributed by atoms with Crippen LogP contribution in [0.25, 0.3) is 0 Å². The number of aryl methyl sites for hydroxylation is 1. The Hall–Kier alpha value is -2.82. The maximum Gasteiger partial charge on any atom is 0.227 e. The first-order valence-electron chi connectivity index (χ1n) is 8.85. The molecular weight excluding hydrogens is 326 g/mol. The highest BCUT2D eigenvalue weighted by Crippen LogP contribution is 2.27. The molecule has 0 aliphatic carbocycles. The minimum absolute atomic E-state index is 0.00157. The number of carbonyl (C=O) groups is 2. The summed E-state index contributed by atoms with van der Waals surface area (Å²) in [5.74, 6) is -0.369. The number of nitrogens with zero attached hydrogens (tertiary/aromatic N) is 2. The Balaban J connectivity index is 1.60. The van der Waals surface area contributed by atoms with Gasteiger partial charge in [-0.05, 0) is 36.8 Å². The molecule has 0 aromatic heterocycles. The highest BCUT2D eigenvalue weighted by molar-refractivity contribution is 6.00. The van der Waals surface area contributed by atoms with E-state index in [9.17, 15) is 9.59 Å². The van der Waals surface area contributed by atoms with Crippen LogP contribution in [0.2, 0.25) is 0 Å². The van der Waals surface area contributed by atoms with Crippen LogP contribution in [0.4, 0.5) is 11.4 Å². The maximum absolute atomic E-state index is 12.5. The lowest BCUT2D eigenvalue weighted by Gasteiger charge is -2.19. The predicted molar refractivity (Wildman–Crippen MR) is 104 cm³/mol. The Bertz CT molecular complexity index is 799. The number of hydrogen-bond donors (Lipinski definition) is 1. The van der Waals surface area contributed by atoms with E-state index in [1.807, 2.05) is 68.4 Å². The summed E-state index contributed by atoms with van der Waals surface area (Å²) in [6, 6.07) is 15.9. The highest BCUT2D eigenvalue weighted by atomic mass is 16.2. The van der Waals surface area contributed by atoms with Crippen LogP contribution in [0, 0.1) is 12.8 Å². The summed E-state index contributed by atoms with van der Waals surface area (Å²) in [5, 5.41) is 2.96. The Morgan fingerprint density at radius 2 is 1.92 bits per heavy atom. The van der Waals surface area contributed by atoms with Gasteiger partial charge >= 0.3 is 0 Å². The average molecular weight is 351 g/mol. The van der Waals surface area contributed by atoms with Crippen LogP contribution in [0.3, 0.4) is 0 Å². The van der Waals surface area contributed by atoms with Crippen LogP contribution in [-0.2, 0) is 16.1 Å². The van der Waals surface area contributed by atoms with E-state index in [1.54, 1.807) is 4.90 Å². The van der Waals surface area contributed by atoms with Gasteiger partial charge in [0.25, 0.3) is 0 Å². The minimum Gasteiger partial charge on any atom is -0.378 e. The number of benzene rings is 2. The molecule has 1 atom stereocenters. The molecule has 0 bridgehead atoms. The van der Waals surface area contributed by atoms with Crippen molar-refractivity contribution >= 4 is 23.2 Å². The molecule has 2 aromatic rings. The fourth-order valence-electron chi connectivity index (χ4n) is 3.22. The molecule has 2 aromatic carbocycles.